The van der Waals surface area contributed by atoms with Gasteiger partial charge in [-0.3, -0.25) is 0 Å². The Morgan fingerprint density at radius 2 is 1.07 bits per heavy atom. The molecule has 0 amide bonds. The van der Waals surface area contributed by atoms with E-state index in [0.717, 1.165) is 24.3 Å². The van der Waals surface area contributed by atoms with Gasteiger partial charge in [0.15, 0.2) is 0 Å². The number of hydrogen-bond acceptors (Lipinski definition) is 1. The zero-order valence-electron chi connectivity index (χ0n) is 14.3. The van der Waals surface area contributed by atoms with E-state index in [4.69, 9.17) is 5.73 Å². The second kappa shape index (κ2) is 6.87. The monoisotopic (exact) mass is 420 g/mol. The van der Waals surface area contributed by atoms with Crippen LogP contribution in [0.3, 0.4) is 0 Å². The Hall–Kier alpha value is -2.88. The van der Waals surface area contributed by atoms with Crippen LogP contribution in [-0.2, 0) is 5.54 Å². The predicted octanol–water partition coefficient (Wildman–Crippen LogP) is 5.91. The minimum Gasteiger partial charge on any atom is -0.356 e. The van der Waals surface area contributed by atoms with Crippen molar-refractivity contribution in [2.24, 2.45) is 5.73 Å². The van der Waals surface area contributed by atoms with Gasteiger partial charge in [-0.25, -0.2) is 8.78 Å². The molecule has 0 unspecified atom stereocenters. The third kappa shape index (κ3) is 3.59. The number of benzene rings is 2. The Morgan fingerprint density at radius 3 is 1.48 bits per heavy atom. The Labute approximate surface area is 159 Å². The SMILES string of the molecule is NC(c1cc(-c2ccc(F)cc2)c(-c2ccc(F)cc2)[nH]1)(C(F)(F)F)C(F)(F)F. The predicted molar refractivity (Wildman–Crippen MR) is 89.6 cm³/mol. The summed E-state index contributed by atoms with van der Waals surface area (Å²) in [5.74, 6) is -1.30. The number of nitrogens with two attached hydrogens (primary N) is 1. The lowest BCUT2D eigenvalue weighted by Gasteiger charge is -2.32. The Morgan fingerprint density at radius 1 is 0.655 bits per heavy atom. The molecular weight excluding hydrogens is 408 g/mol. The van der Waals surface area contributed by atoms with E-state index in [1.165, 1.54) is 24.3 Å². The topological polar surface area (TPSA) is 41.8 Å². The number of aromatic nitrogens is 1. The maximum Gasteiger partial charge on any atom is 0.421 e. The number of H-pyrrole nitrogens is 1. The molecule has 0 radical (unpaired) electrons. The number of aromatic amines is 1. The highest BCUT2D eigenvalue weighted by molar-refractivity contribution is 5.82. The summed E-state index contributed by atoms with van der Waals surface area (Å²) in [4.78, 5) is 2.10. The van der Waals surface area contributed by atoms with Gasteiger partial charge in [0.2, 0.25) is 5.54 Å². The van der Waals surface area contributed by atoms with Crippen LogP contribution in [0.25, 0.3) is 22.4 Å². The molecule has 1 aromatic heterocycles. The molecule has 0 aliphatic heterocycles. The Balaban J connectivity index is 2.29. The van der Waals surface area contributed by atoms with Crippen LogP contribution in [0.4, 0.5) is 35.1 Å². The zero-order valence-corrected chi connectivity index (χ0v) is 14.3. The molecule has 2 nitrogen and oxygen atoms in total. The molecule has 0 aliphatic rings. The molecule has 3 rings (SSSR count). The van der Waals surface area contributed by atoms with Gasteiger partial charge in [-0.05, 0) is 53.6 Å². The number of alkyl halides is 6. The van der Waals surface area contributed by atoms with Crippen LogP contribution >= 0.6 is 0 Å². The summed E-state index contributed by atoms with van der Waals surface area (Å²) >= 11 is 0. The first kappa shape index (κ1) is 20.8. The molecule has 1 heterocycles. The van der Waals surface area contributed by atoms with Gasteiger partial charge in [0.1, 0.15) is 11.6 Å². The van der Waals surface area contributed by atoms with Crippen LogP contribution in [0.1, 0.15) is 5.69 Å². The summed E-state index contributed by atoms with van der Waals surface area (Å²) in [6, 6.07) is 9.34. The fourth-order valence-corrected chi connectivity index (χ4v) is 2.83. The molecule has 0 aliphatic carbocycles. The molecule has 10 heteroatoms. The molecule has 0 atom stereocenters. The van der Waals surface area contributed by atoms with E-state index < -0.39 is 35.2 Å². The maximum absolute atomic E-state index is 13.4. The van der Waals surface area contributed by atoms with Crippen LogP contribution in [0.5, 0.6) is 0 Å². The van der Waals surface area contributed by atoms with E-state index in [-0.39, 0.29) is 22.4 Å². The average molecular weight is 420 g/mol. The Bertz CT molecular complexity index is 922. The third-order valence-corrected chi connectivity index (χ3v) is 4.42. The second-order valence-corrected chi connectivity index (χ2v) is 6.29. The summed E-state index contributed by atoms with van der Waals surface area (Å²) < 4.78 is 107. The van der Waals surface area contributed by atoms with Gasteiger partial charge < -0.3 is 10.7 Å². The van der Waals surface area contributed by atoms with Crippen molar-refractivity contribution in [2.45, 2.75) is 17.9 Å². The van der Waals surface area contributed by atoms with Crippen molar-refractivity contribution in [2.75, 3.05) is 0 Å². The Kier molecular flexibility index (Phi) is 4.94. The van der Waals surface area contributed by atoms with E-state index in [1.54, 1.807) is 0 Å². The maximum atomic E-state index is 13.4. The van der Waals surface area contributed by atoms with Crippen molar-refractivity contribution in [1.82, 2.24) is 4.98 Å². The van der Waals surface area contributed by atoms with Crippen LogP contribution in [0.2, 0.25) is 0 Å². The lowest BCUT2D eigenvalue weighted by Crippen LogP contribution is -2.61. The molecule has 3 N–H and O–H groups in total. The van der Waals surface area contributed by atoms with Gasteiger partial charge in [-0.15, -0.1) is 0 Å². The van der Waals surface area contributed by atoms with E-state index in [1.807, 2.05) is 0 Å². The van der Waals surface area contributed by atoms with Crippen molar-refractivity contribution in [3.8, 4) is 22.4 Å². The third-order valence-electron chi connectivity index (χ3n) is 4.42. The van der Waals surface area contributed by atoms with Crippen LogP contribution in [0.15, 0.2) is 54.6 Å². The van der Waals surface area contributed by atoms with Crippen LogP contribution in [-0.4, -0.2) is 17.3 Å². The fraction of sp³-hybridized carbons (Fsp3) is 0.158. The minimum atomic E-state index is -5.86. The first-order chi connectivity index (χ1) is 13.3. The molecule has 2 aromatic carbocycles. The molecule has 0 spiro atoms. The summed E-state index contributed by atoms with van der Waals surface area (Å²) in [7, 11) is 0. The van der Waals surface area contributed by atoms with Gasteiger partial charge in [0.05, 0.1) is 11.4 Å². The molecule has 154 valence electrons. The number of hydrogen-bond donors (Lipinski definition) is 2. The van der Waals surface area contributed by atoms with Gasteiger partial charge in [-0.1, -0.05) is 12.1 Å². The van der Waals surface area contributed by atoms with E-state index in [2.05, 4.69) is 4.98 Å². The molecule has 3 aromatic rings. The van der Waals surface area contributed by atoms with Gasteiger partial charge in [0, 0.05) is 5.56 Å². The van der Waals surface area contributed by atoms with E-state index in [0.29, 0.717) is 6.07 Å². The van der Waals surface area contributed by atoms with Gasteiger partial charge in [0.25, 0.3) is 0 Å². The summed E-state index contributed by atoms with van der Waals surface area (Å²) in [5.41, 5.74) is -1.16. The standard InChI is InChI=1S/C19H12F8N2/c20-12-5-1-10(2-6-12)14-9-15(17(28,18(22,23)24)19(25,26)27)29-16(14)11-3-7-13(21)8-4-11/h1-9,29H,28H2. The highest BCUT2D eigenvalue weighted by Gasteiger charge is 2.70. The van der Waals surface area contributed by atoms with Crippen molar-refractivity contribution in [3.63, 3.8) is 0 Å². The number of nitrogens with one attached hydrogen (secondary N) is 1. The molecular formula is C19H12F8N2. The molecule has 0 saturated heterocycles. The van der Waals surface area contributed by atoms with Gasteiger partial charge >= 0.3 is 12.4 Å². The van der Waals surface area contributed by atoms with Crippen molar-refractivity contribution in [3.05, 3.63) is 71.9 Å². The quantitative estimate of drug-likeness (QED) is 0.509. The van der Waals surface area contributed by atoms with Crippen molar-refractivity contribution >= 4 is 0 Å². The number of rotatable bonds is 3. The second-order valence-electron chi connectivity index (χ2n) is 6.29. The average Bonchev–Trinajstić information content (AvgIpc) is 3.06. The van der Waals surface area contributed by atoms with Crippen molar-refractivity contribution in [1.29, 1.82) is 0 Å². The fourth-order valence-electron chi connectivity index (χ4n) is 2.83. The lowest BCUT2D eigenvalue weighted by molar-refractivity contribution is -0.302. The largest absolute Gasteiger partial charge is 0.421 e. The lowest BCUT2D eigenvalue weighted by atomic mass is 9.93. The molecule has 0 fully saturated rings. The molecule has 0 bridgehead atoms. The minimum absolute atomic E-state index is 0.0880. The van der Waals surface area contributed by atoms with E-state index in [9.17, 15) is 35.1 Å². The van der Waals surface area contributed by atoms with E-state index >= 15 is 0 Å². The smallest absolute Gasteiger partial charge is 0.356 e. The zero-order chi connectivity index (χ0) is 21.6. The summed E-state index contributed by atoms with van der Waals surface area (Å²) in [5, 5.41) is 0. The van der Waals surface area contributed by atoms with Crippen LogP contribution < -0.4 is 5.73 Å². The van der Waals surface area contributed by atoms with Gasteiger partial charge in [-0.2, -0.15) is 26.3 Å². The normalized spacial score (nSPS) is 13.0. The molecule has 29 heavy (non-hydrogen) atoms. The summed E-state index contributed by atoms with van der Waals surface area (Å²) in [6.45, 7) is 0. The first-order valence-electron chi connectivity index (χ1n) is 8.02. The van der Waals surface area contributed by atoms with Crippen molar-refractivity contribution < 1.29 is 35.1 Å². The molecule has 0 saturated carbocycles. The number of halogens is 8. The van der Waals surface area contributed by atoms with Crippen LogP contribution in [0, 0.1) is 11.6 Å². The highest BCUT2D eigenvalue weighted by atomic mass is 19.4. The first-order valence-corrected chi connectivity index (χ1v) is 8.02. The highest BCUT2D eigenvalue weighted by Crippen LogP contribution is 2.49. The summed E-state index contributed by atoms with van der Waals surface area (Å²) in [6.07, 6.45) is -11.7.